The van der Waals surface area contributed by atoms with Gasteiger partial charge in [0.1, 0.15) is 0 Å². The van der Waals surface area contributed by atoms with E-state index in [2.05, 4.69) is 10.0 Å². The van der Waals surface area contributed by atoms with Gasteiger partial charge >= 0.3 is 0 Å². The normalized spacial score (nSPS) is 11.4. The minimum atomic E-state index is -3.82. The Kier molecular flexibility index (Phi) is 5.28. The first-order valence-corrected chi connectivity index (χ1v) is 11.9. The summed E-state index contributed by atoms with van der Waals surface area (Å²) in [7, 11) is -3.82. The van der Waals surface area contributed by atoms with E-state index in [4.69, 9.17) is 0 Å². The van der Waals surface area contributed by atoms with Gasteiger partial charge in [0.25, 0.3) is 15.9 Å². The largest absolute Gasteiger partial charge is 0.321 e. The summed E-state index contributed by atoms with van der Waals surface area (Å²) in [5.74, 6) is -0.308. The third kappa shape index (κ3) is 4.16. The van der Waals surface area contributed by atoms with E-state index in [1.54, 1.807) is 12.1 Å². The summed E-state index contributed by atoms with van der Waals surface area (Å²) in [5.41, 5.74) is 1.57. The molecule has 0 unspecified atom stereocenters. The molecule has 162 valence electrons. The fourth-order valence-electron chi connectivity index (χ4n) is 3.83. The third-order valence-electron chi connectivity index (χ3n) is 5.50. The molecule has 0 fully saturated rings. The van der Waals surface area contributed by atoms with Crippen molar-refractivity contribution in [1.29, 1.82) is 0 Å². The van der Waals surface area contributed by atoms with E-state index >= 15 is 0 Å². The fourth-order valence-corrected chi connectivity index (χ4v) is 4.91. The van der Waals surface area contributed by atoms with Crippen LogP contribution < -0.4 is 10.0 Å². The number of benzene rings is 5. The van der Waals surface area contributed by atoms with Crippen LogP contribution in [0, 0.1) is 0 Å². The molecule has 33 heavy (non-hydrogen) atoms. The summed E-state index contributed by atoms with van der Waals surface area (Å²) >= 11 is 0. The van der Waals surface area contributed by atoms with Crippen molar-refractivity contribution in [3.8, 4) is 0 Å². The lowest BCUT2D eigenvalue weighted by atomic mass is 10.1. The zero-order valence-electron chi connectivity index (χ0n) is 17.5. The van der Waals surface area contributed by atoms with Gasteiger partial charge < -0.3 is 5.32 Å². The number of carbonyl (C=O) groups is 1. The first-order chi connectivity index (χ1) is 16.0. The van der Waals surface area contributed by atoms with Crippen LogP contribution >= 0.6 is 0 Å². The molecule has 5 rings (SSSR count). The van der Waals surface area contributed by atoms with Gasteiger partial charge in [-0.05, 0) is 47.2 Å². The molecule has 5 aromatic rings. The van der Waals surface area contributed by atoms with E-state index in [0.29, 0.717) is 16.9 Å². The van der Waals surface area contributed by atoms with Crippen LogP contribution in [0.1, 0.15) is 10.4 Å². The first-order valence-electron chi connectivity index (χ1n) is 10.4. The van der Waals surface area contributed by atoms with Crippen molar-refractivity contribution >= 4 is 48.9 Å². The van der Waals surface area contributed by atoms with E-state index in [1.807, 2.05) is 72.8 Å². The minimum absolute atomic E-state index is 0.0807. The SMILES string of the molecule is O=C(Nc1cccc2ccccc12)c1ccc(S(=O)(=O)Nc2cccc3ccccc23)cc1. The Morgan fingerprint density at radius 3 is 1.73 bits per heavy atom. The highest BCUT2D eigenvalue weighted by Gasteiger charge is 2.17. The Labute approximate surface area is 191 Å². The molecule has 2 N–H and O–H groups in total. The Balaban J connectivity index is 1.38. The van der Waals surface area contributed by atoms with Crippen LogP contribution in [0.25, 0.3) is 21.5 Å². The summed E-state index contributed by atoms with van der Waals surface area (Å²) in [6.07, 6.45) is 0. The van der Waals surface area contributed by atoms with Crippen LogP contribution in [-0.2, 0) is 10.0 Å². The second kappa shape index (κ2) is 8.41. The van der Waals surface area contributed by atoms with Crippen LogP contribution in [0.5, 0.6) is 0 Å². The van der Waals surface area contributed by atoms with Gasteiger partial charge in [-0.3, -0.25) is 9.52 Å². The lowest BCUT2D eigenvalue weighted by molar-refractivity contribution is 0.102. The van der Waals surface area contributed by atoms with E-state index in [0.717, 1.165) is 21.5 Å². The molecule has 0 aromatic heterocycles. The lowest BCUT2D eigenvalue weighted by Crippen LogP contribution is -2.15. The molecule has 0 saturated heterocycles. The highest BCUT2D eigenvalue weighted by molar-refractivity contribution is 7.92. The van der Waals surface area contributed by atoms with Crippen LogP contribution in [0.3, 0.4) is 0 Å². The Morgan fingerprint density at radius 2 is 1.09 bits per heavy atom. The minimum Gasteiger partial charge on any atom is -0.321 e. The number of hydrogen-bond donors (Lipinski definition) is 2. The molecular weight excluding hydrogens is 432 g/mol. The maximum atomic E-state index is 13.0. The third-order valence-corrected chi connectivity index (χ3v) is 6.88. The summed E-state index contributed by atoms with van der Waals surface area (Å²) in [6, 6.07) is 32.4. The smallest absolute Gasteiger partial charge is 0.261 e. The Hall–Kier alpha value is -4.16. The number of hydrogen-bond acceptors (Lipinski definition) is 3. The number of fused-ring (bicyclic) bond motifs is 2. The summed E-state index contributed by atoms with van der Waals surface area (Å²) in [5, 5.41) is 6.63. The second-order valence-corrected chi connectivity index (χ2v) is 9.32. The number of sulfonamides is 1. The standard InChI is InChI=1S/C27H20N2O3S/c30-27(28-25-13-5-9-19-7-1-3-11-23(19)25)21-15-17-22(18-16-21)33(31,32)29-26-14-6-10-20-8-2-4-12-24(20)26/h1-18,29H,(H,28,30). The number of anilines is 2. The number of carbonyl (C=O) groups excluding carboxylic acids is 1. The van der Waals surface area contributed by atoms with Crippen molar-refractivity contribution in [2.24, 2.45) is 0 Å². The van der Waals surface area contributed by atoms with Gasteiger partial charge in [0.2, 0.25) is 0 Å². The zero-order chi connectivity index (χ0) is 22.8. The van der Waals surface area contributed by atoms with Crippen molar-refractivity contribution < 1.29 is 13.2 Å². The maximum absolute atomic E-state index is 13.0. The van der Waals surface area contributed by atoms with Crippen LogP contribution in [-0.4, -0.2) is 14.3 Å². The zero-order valence-corrected chi connectivity index (χ0v) is 18.3. The number of nitrogens with one attached hydrogen (secondary N) is 2. The highest BCUT2D eigenvalue weighted by Crippen LogP contribution is 2.26. The highest BCUT2D eigenvalue weighted by atomic mass is 32.2. The van der Waals surface area contributed by atoms with Crippen LogP contribution in [0.4, 0.5) is 11.4 Å². The molecule has 5 aromatic carbocycles. The molecule has 0 spiro atoms. The fraction of sp³-hybridized carbons (Fsp3) is 0. The topological polar surface area (TPSA) is 75.3 Å². The predicted molar refractivity (Wildman–Crippen MR) is 133 cm³/mol. The lowest BCUT2D eigenvalue weighted by Gasteiger charge is -2.12. The number of amides is 1. The molecular formula is C27H20N2O3S. The Bertz CT molecular complexity index is 1580. The predicted octanol–water partition coefficient (Wildman–Crippen LogP) is 6.05. The average Bonchev–Trinajstić information content (AvgIpc) is 2.84. The van der Waals surface area contributed by atoms with Crippen LogP contribution in [0.2, 0.25) is 0 Å². The van der Waals surface area contributed by atoms with Crippen molar-refractivity contribution in [3.63, 3.8) is 0 Å². The maximum Gasteiger partial charge on any atom is 0.261 e. The molecule has 0 heterocycles. The van der Waals surface area contributed by atoms with Crippen LogP contribution in [0.15, 0.2) is 114 Å². The Morgan fingerprint density at radius 1 is 0.576 bits per heavy atom. The molecule has 0 aliphatic rings. The molecule has 0 bridgehead atoms. The molecule has 6 heteroatoms. The van der Waals surface area contributed by atoms with Crippen molar-refractivity contribution in [1.82, 2.24) is 0 Å². The van der Waals surface area contributed by atoms with Gasteiger partial charge in [0.15, 0.2) is 0 Å². The van der Waals surface area contributed by atoms with E-state index < -0.39 is 10.0 Å². The van der Waals surface area contributed by atoms with Gasteiger partial charge in [-0.25, -0.2) is 8.42 Å². The van der Waals surface area contributed by atoms with Gasteiger partial charge in [-0.2, -0.15) is 0 Å². The summed E-state index contributed by atoms with van der Waals surface area (Å²) in [6.45, 7) is 0. The van der Waals surface area contributed by atoms with Crippen molar-refractivity contribution in [2.75, 3.05) is 10.0 Å². The summed E-state index contributed by atoms with van der Waals surface area (Å²) < 4.78 is 28.6. The molecule has 1 amide bonds. The van der Waals surface area contributed by atoms with E-state index in [-0.39, 0.29) is 10.8 Å². The molecule has 0 radical (unpaired) electrons. The molecule has 0 aliphatic heterocycles. The average molecular weight is 453 g/mol. The van der Waals surface area contributed by atoms with Gasteiger partial charge in [-0.1, -0.05) is 72.8 Å². The first kappa shape index (κ1) is 20.7. The van der Waals surface area contributed by atoms with Crippen molar-refractivity contribution in [3.05, 3.63) is 115 Å². The van der Waals surface area contributed by atoms with E-state index in [9.17, 15) is 13.2 Å². The van der Waals surface area contributed by atoms with Gasteiger partial charge in [-0.15, -0.1) is 0 Å². The second-order valence-electron chi connectivity index (χ2n) is 7.64. The summed E-state index contributed by atoms with van der Waals surface area (Å²) in [4.78, 5) is 12.9. The molecule has 0 saturated carbocycles. The monoisotopic (exact) mass is 452 g/mol. The quantitative estimate of drug-likeness (QED) is 0.341. The number of rotatable bonds is 5. The van der Waals surface area contributed by atoms with Crippen molar-refractivity contribution in [2.45, 2.75) is 4.90 Å². The van der Waals surface area contributed by atoms with E-state index in [1.165, 1.54) is 24.3 Å². The molecule has 5 nitrogen and oxygen atoms in total. The molecule has 0 atom stereocenters. The van der Waals surface area contributed by atoms with Gasteiger partial charge in [0.05, 0.1) is 10.6 Å². The molecule has 0 aliphatic carbocycles. The van der Waals surface area contributed by atoms with Gasteiger partial charge in [0, 0.05) is 22.0 Å².